The molecule has 6 saturated heterocycles. The van der Waals surface area contributed by atoms with Crippen molar-refractivity contribution in [2.45, 2.75) is 270 Å². The quantitative estimate of drug-likeness (QED) is 0.0750. The Bertz CT molecular complexity index is 5600. The zero-order valence-electron chi connectivity index (χ0n) is 80.0. The van der Waals surface area contributed by atoms with Crippen molar-refractivity contribution in [2.75, 3.05) is 46.3 Å². The van der Waals surface area contributed by atoms with Crippen molar-refractivity contribution in [2.24, 2.45) is 32.7 Å². The Hall–Kier alpha value is -7.60. The lowest BCUT2D eigenvalue weighted by atomic mass is 9.81. The molecule has 716 valence electrons. The lowest BCUT2D eigenvalue weighted by Crippen LogP contribution is -2.60. The first-order chi connectivity index (χ1) is 63.5. The number of hydrogen-bond acceptors (Lipinski definition) is 19. The number of aliphatic imine (C=N–C) groups is 3. The smallest absolute Gasteiger partial charge is 0.326 e. The molecule has 6 aromatic rings. The highest BCUT2D eigenvalue weighted by atomic mass is 35.5. The second-order valence-corrected chi connectivity index (χ2v) is 45.3. The zero-order valence-corrected chi connectivity index (χ0v) is 87.0. The average Bonchev–Trinajstić information content (AvgIpc) is 1.56. The summed E-state index contributed by atoms with van der Waals surface area (Å²) >= 11 is 41.9. The summed E-state index contributed by atoms with van der Waals surface area (Å²) in [7, 11) is 2.11. The number of likely N-dealkylation sites (N-methyl/N-ethyl adjacent to an activating group) is 1. The molecule has 22 nitrogen and oxygen atoms in total. The van der Waals surface area contributed by atoms with E-state index < -0.39 is 40.7 Å². The van der Waals surface area contributed by atoms with Crippen LogP contribution < -0.4 is 16.0 Å². The van der Waals surface area contributed by atoms with E-state index in [0.29, 0.717) is 95.7 Å². The molecule has 0 aromatic heterocycles. The molecule has 0 radical (unpaired) electrons. The second-order valence-electron chi connectivity index (χ2n) is 39.7. The largest absolute Gasteiger partial charge is 0.480 e. The third-order valence-corrected chi connectivity index (χ3v) is 33.5. The molecule has 12 aliphatic heterocycles. The molecule has 18 atom stereocenters. The lowest BCUT2D eigenvalue weighted by Gasteiger charge is -2.44. The monoisotopic (exact) mass is 1990 g/mol. The molecule has 18 rings (SSSR count). The number of carboxylic acid groups (broad SMARTS) is 1. The van der Waals surface area contributed by atoms with Gasteiger partial charge in [0.2, 0.25) is 11.8 Å². The highest BCUT2D eigenvalue weighted by molar-refractivity contribution is 8.18. The minimum atomic E-state index is -0.959. The zero-order chi connectivity index (χ0) is 96.5. The van der Waals surface area contributed by atoms with Gasteiger partial charge >= 0.3 is 5.97 Å². The van der Waals surface area contributed by atoms with Crippen molar-refractivity contribution in [1.29, 1.82) is 0 Å². The maximum atomic E-state index is 14.7. The fourth-order valence-electron chi connectivity index (χ4n) is 21.5. The number of piperazine rings is 3. The third kappa shape index (κ3) is 19.8. The molecule has 0 unspecified atom stereocenters. The molecule has 0 spiro atoms. The predicted octanol–water partition coefficient (Wildman–Crippen LogP) is 20.6. The summed E-state index contributed by atoms with van der Waals surface area (Å²) in [6.07, 6.45) is 4.11. The predicted molar refractivity (Wildman–Crippen MR) is 548 cm³/mol. The number of nitrogens with one attached hydrogen (secondary N) is 3. The van der Waals surface area contributed by atoms with Crippen LogP contribution in [0.15, 0.2) is 192 Å². The molecule has 31 heteroatoms. The molecule has 134 heavy (non-hydrogen) atoms. The SMILES string of the molecule is CC(C)C1=C(C(=O)N2[C@H](C)CC[C@H]2C(=O)N2C[C@H](C)N(C)C[C@@H]2C)SC2=N[C@@](C)(c3ccc(Cl)cc3)[C@@H](c3ccc(Cl)cc3)N21.CC(C)C1=C(C(=O)N2[C@H](C)CC[C@H]2C(=O)N2C[C@H](C)NC[C@@H]2C)SC2=N[C@@](C)(c3ccc(Cl)cc3)[C@@H](c3ccc(Cl)cc3)N21.CC(C)C1=C(C(=O)N2[C@H](C)CC[C@H]2C(=O)O)SC2=N[C@@](C)(c3ccc(Cl)cc3)[C@@H](c3ccc(Cl)cc3)N21.C[C@H]1CN[C@@H](C)CN1. The number of nitrogens with zero attached hydrogens (tertiary/aromatic N) is 12. The van der Waals surface area contributed by atoms with Gasteiger partial charge in [-0.1, -0.05) is 184 Å². The fourth-order valence-corrected chi connectivity index (χ4v) is 26.3. The summed E-state index contributed by atoms with van der Waals surface area (Å²) in [5.41, 5.74) is 7.08. The molecule has 5 amide bonds. The van der Waals surface area contributed by atoms with Gasteiger partial charge < -0.3 is 60.3 Å². The highest BCUT2D eigenvalue weighted by Crippen LogP contribution is 2.61. The topological polar surface area (TPSA) is 225 Å². The summed E-state index contributed by atoms with van der Waals surface area (Å²) in [5, 5.41) is 26.3. The highest BCUT2D eigenvalue weighted by Gasteiger charge is 2.59. The fraction of sp³-hybridized carbons (Fsp3) is 0.505. The minimum Gasteiger partial charge on any atom is -0.480 e. The molecule has 0 bridgehead atoms. The van der Waals surface area contributed by atoms with Gasteiger partial charge in [-0.15, -0.1) is 0 Å². The molecule has 6 fully saturated rings. The molecule has 0 saturated carbocycles. The van der Waals surface area contributed by atoms with Crippen molar-refractivity contribution < 1.29 is 33.9 Å². The molecule has 6 aromatic carbocycles. The number of carbonyl (C=O) groups excluding carboxylic acids is 5. The standard InChI is InChI=1S/C35H43Cl2N5O2S.C34H41Cl2N5O2S.C28H29Cl2N3O3S.C6H14N2/c1-20(2)29-30(33(44)41-21(3)8-17-28(41)32(43)40-19-22(4)39(7)18-23(40)5)45-34-38-35(6,25-11-15-27(37)16-12-25)31(42(29)34)24-9-13-26(36)14-10-24;1-19(2)28-29(32(43)40-21(4)7-16-27(40)31(42)39-18-20(3)37-17-22(39)5)44-33-38-34(6,24-10-14-26(36)15-11-24)30(41(28)33)23-8-12-25(35)13-9-23;1-15(2)22-23(25(34)32-16(3)5-14-21(32)26(35)36)37-27-31-28(4,18-8-12-20(30)13-9-18)24(33(22)27)17-6-10-19(29)11-7-17;1-5-3-8-6(2)4-7-5/h9-16,20-23,28,31H,8,17-19H2,1-7H3;8-15,19-22,27,30,37H,7,16-18H2,1-6H3;6-13,15-16,21,24H,5,14H2,1-4H3,(H,35,36);5-8H,3-4H2,1-2H3/t21-,22+,23+,28+,31-,35+;20-,21+,22-,27-,30+,34-;16-,21+,24-,28+;5-,6-/m1010/s1. The van der Waals surface area contributed by atoms with Crippen molar-refractivity contribution >= 4 is 156 Å². The van der Waals surface area contributed by atoms with Gasteiger partial charge in [-0.3, -0.25) is 28.9 Å². The van der Waals surface area contributed by atoms with Crippen LogP contribution in [0, 0.1) is 17.8 Å². The Morgan fingerprint density at radius 3 is 0.925 bits per heavy atom. The van der Waals surface area contributed by atoms with Crippen LogP contribution in [0.3, 0.4) is 0 Å². The number of likely N-dealkylation sites (tertiary alicyclic amines) is 3. The number of hydrogen-bond donors (Lipinski definition) is 4. The summed E-state index contributed by atoms with van der Waals surface area (Å²) in [4.78, 5) is 119. The van der Waals surface area contributed by atoms with Crippen LogP contribution >= 0.6 is 105 Å². The van der Waals surface area contributed by atoms with Crippen molar-refractivity contribution in [1.82, 2.24) is 60.0 Å². The van der Waals surface area contributed by atoms with Crippen LogP contribution in [-0.2, 0) is 45.4 Å². The number of halogens is 6. The van der Waals surface area contributed by atoms with Crippen LogP contribution in [0.5, 0.6) is 0 Å². The van der Waals surface area contributed by atoms with E-state index in [2.05, 4.69) is 185 Å². The van der Waals surface area contributed by atoms with Crippen molar-refractivity contribution in [3.8, 4) is 0 Å². The lowest BCUT2D eigenvalue weighted by molar-refractivity contribution is -0.147. The van der Waals surface area contributed by atoms with Gasteiger partial charge in [0.15, 0.2) is 15.5 Å². The molecule has 12 aliphatic rings. The number of carbonyl (C=O) groups is 6. The van der Waals surface area contributed by atoms with E-state index in [-0.39, 0.29) is 108 Å². The van der Waals surface area contributed by atoms with Crippen molar-refractivity contribution in [3.05, 3.63) is 241 Å². The van der Waals surface area contributed by atoms with Gasteiger partial charge in [0.25, 0.3) is 17.7 Å². The van der Waals surface area contributed by atoms with E-state index in [0.717, 1.165) is 105 Å². The van der Waals surface area contributed by atoms with Gasteiger partial charge in [0.05, 0.1) is 18.1 Å². The summed E-state index contributed by atoms with van der Waals surface area (Å²) in [6.45, 7) is 43.1. The number of aliphatic carboxylic acids is 1. The van der Waals surface area contributed by atoms with E-state index in [1.54, 1.807) is 4.90 Å². The van der Waals surface area contributed by atoms with E-state index in [1.165, 1.54) is 35.3 Å². The Morgan fingerprint density at radius 2 is 0.634 bits per heavy atom. The number of fused-ring (bicyclic) bond motifs is 3. The summed E-state index contributed by atoms with van der Waals surface area (Å²) in [6, 6.07) is 46.5. The van der Waals surface area contributed by atoms with Gasteiger partial charge in [-0.05, 0) is 288 Å². The van der Waals surface area contributed by atoms with Gasteiger partial charge in [0, 0.05) is 141 Å². The first-order valence-corrected chi connectivity index (χ1v) is 51.9. The molecule has 4 N–H and O–H groups in total. The van der Waals surface area contributed by atoms with Crippen LogP contribution in [-0.4, -0.2) is 219 Å². The first-order valence-electron chi connectivity index (χ1n) is 47.2. The second kappa shape index (κ2) is 41.1. The third-order valence-electron chi connectivity index (χ3n) is 28.8. The van der Waals surface area contributed by atoms with E-state index >= 15 is 0 Å². The van der Waals surface area contributed by atoms with E-state index in [4.69, 9.17) is 84.6 Å². The molecular formula is C103H127Cl6N15O7S3. The number of amides is 5. The van der Waals surface area contributed by atoms with Crippen LogP contribution in [0.2, 0.25) is 30.1 Å². The summed E-state index contributed by atoms with van der Waals surface area (Å²) < 4.78 is 0. The van der Waals surface area contributed by atoms with Gasteiger partial charge in [0.1, 0.15) is 49.5 Å². The molecule has 12 heterocycles. The maximum Gasteiger partial charge on any atom is 0.326 e. The first kappa shape index (κ1) is 101. The van der Waals surface area contributed by atoms with Gasteiger partial charge in [-0.2, -0.15) is 0 Å². The Morgan fingerprint density at radius 1 is 0.358 bits per heavy atom. The van der Waals surface area contributed by atoms with Crippen LogP contribution in [0.1, 0.15) is 215 Å². The molecular weight excluding hydrogens is 1870 g/mol. The van der Waals surface area contributed by atoms with Crippen LogP contribution in [0.4, 0.5) is 0 Å². The number of thioether (sulfide) groups is 3. The Balaban J connectivity index is 0.000000147. The number of carboxylic acids is 1. The normalized spacial score (nSPS) is 30.1. The van der Waals surface area contributed by atoms with E-state index in [1.807, 2.05) is 148 Å². The Labute approximate surface area is 833 Å². The van der Waals surface area contributed by atoms with Crippen molar-refractivity contribution in [3.63, 3.8) is 0 Å². The van der Waals surface area contributed by atoms with Gasteiger partial charge in [-0.25, -0.2) is 19.8 Å². The van der Waals surface area contributed by atoms with E-state index in [9.17, 15) is 33.9 Å². The Kier molecular flexibility index (Phi) is 30.9. The number of amidine groups is 3. The van der Waals surface area contributed by atoms with Crippen LogP contribution in [0.25, 0.3) is 0 Å². The number of rotatable bonds is 15. The molecule has 0 aliphatic carbocycles. The number of allylic oxidation sites excluding steroid dienone is 3. The maximum absolute atomic E-state index is 14.7. The average molecular weight is 2000 g/mol. The minimum absolute atomic E-state index is 0.00250. The summed E-state index contributed by atoms with van der Waals surface area (Å²) in [5.74, 6) is -1.12. The number of benzene rings is 6.